The molecular weight excluding hydrogens is 246 g/mol. The molecule has 0 saturated carbocycles. The molecule has 2 N–H and O–H groups in total. The van der Waals surface area contributed by atoms with Gasteiger partial charge in [-0.15, -0.1) is 0 Å². The maximum atomic E-state index is 11.9. The van der Waals surface area contributed by atoms with Crippen molar-refractivity contribution in [1.82, 2.24) is 14.5 Å². The highest BCUT2D eigenvalue weighted by atomic mass is 32.2. The Hall–Kier alpha value is -1.41. The highest BCUT2D eigenvalue weighted by Crippen LogP contribution is 2.28. The first-order chi connectivity index (χ1) is 7.93. The van der Waals surface area contributed by atoms with E-state index in [9.17, 15) is 13.2 Å². The van der Waals surface area contributed by atoms with Gasteiger partial charge in [-0.2, -0.15) is 9.40 Å². The second-order valence-electron chi connectivity index (χ2n) is 4.13. The summed E-state index contributed by atoms with van der Waals surface area (Å²) in [4.78, 5) is 10.7. The van der Waals surface area contributed by atoms with E-state index in [1.807, 2.05) is 0 Å². The Morgan fingerprint density at radius 2 is 2.29 bits per heavy atom. The molecule has 1 atom stereocenters. The molecule has 7 nitrogen and oxygen atoms in total. The Bertz CT molecular complexity index is 504. The zero-order valence-corrected chi connectivity index (χ0v) is 10.0. The first-order valence-electron chi connectivity index (χ1n) is 5.15. The summed E-state index contributed by atoms with van der Waals surface area (Å²) in [7, 11) is -3.53. The minimum Gasteiger partial charge on any atom is -0.481 e. The molecule has 1 aliphatic rings. The lowest BCUT2D eigenvalue weighted by Gasteiger charge is -2.39. The van der Waals surface area contributed by atoms with Gasteiger partial charge in [-0.3, -0.25) is 9.89 Å². The summed E-state index contributed by atoms with van der Waals surface area (Å²) in [6.45, 7) is 2.08. The van der Waals surface area contributed by atoms with Crippen molar-refractivity contribution in [1.29, 1.82) is 0 Å². The minimum absolute atomic E-state index is 0.0407. The Morgan fingerprint density at radius 1 is 1.65 bits per heavy atom. The van der Waals surface area contributed by atoms with Crippen LogP contribution in [0.1, 0.15) is 6.92 Å². The van der Waals surface area contributed by atoms with Crippen molar-refractivity contribution in [2.75, 3.05) is 13.1 Å². The van der Waals surface area contributed by atoms with Crippen molar-refractivity contribution in [3.05, 3.63) is 12.3 Å². The predicted molar refractivity (Wildman–Crippen MR) is 57.6 cm³/mol. The molecule has 94 valence electrons. The van der Waals surface area contributed by atoms with Crippen molar-refractivity contribution in [2.45, 2.75) is 11.9 Å². The number of aliphatic carboxylic acids is 1. The summed E-state index contributed by atoms with van der Waals surface area (Å²) in [6, 6.07) is 1.38. The van der Waals surface area contributed by atoms with Gasteiger partial charge in [0.05, 0.1) is 12.1 Å². The van der Waals surface area contributed by atoms with Crippen LogP contribution in [0, 0.1) is 11.8 Å². The van der Waals surface area contributed by atoms with E-state index in [2.05, 4.69) is 10.2 Å². The summed E-state index contributed by atoms with van der Waals surface area (Å²) in [5.74, 6) is -1.54. The van der Waals surface area contributed by atoms with Crippen molar-refractivity contribution in [3.8, 4) is 0 Å². The second kappa shape index (κ2) is 4.11. The van der Waals surface area contributed by atoms with Crippen LogP contribution in [0.4, 0.5) is 0 Å². The highest BCUT2D eigenvalue weighted by molar-refractivity contribution is 7.89. The van der Waals surface area contributed by atoms with Gasteiger partial charge < -0.3 is 5.11 Å². The molecule has 0 spiro atoms. The maximum absolute atomic E-state index is 11.9. The smallest absolute Gasteiger partial charge is 0.306 e. The van der Waals surface area contributed by atoms with Gasteiger partial charge in [0, 0.05) is 13.1 Å². The van der Waals surface area contributed by atoms with E-state index in [1.165, 1.54) is 16.6 Å². The van der Waals surface area contributed by atoms with Gasteiger partial charge in [-0.1, -0.05) is 6.92 Å². The average Bonchev–Trinajstić information content (AvgIpc) is 2.67. The van der Waals surface area contributed by atoms with Gasteiger partial charge in [0.15, 0.2) is 5.03 Å². The maximum Gasteiger partial charge on any atom is 0.306 e. The fraction of sp³-hybridized carbons (Fsp3) is 0.556. The van der Waals surface area contributed by atoms with Crippen LogP contribution in [0.5, 0.6) is 0 Å². The number of aromatic amines is 1. The number of hydrogen-bond acceptors (Lipinski definition) is 4. The number of carbonyl (C=O) groups is 1. The summed E-state index contributed by atoms with van der Waals surface area (Å²) in [6.07, 6.45) is 1.37. The Kier molecular flexibility index (Phi) is 2.92. The van der Waals surface area contributed by atoms with Crippen LogP contribution in [0.2, 0.25) is 0 Å². The standard InChI is InChI=1S/C9H13N3O4S/c1-6(9(13)14)7-4-12(5-7)17(15,16)8-2-3-10-11-8/h2-3,6-7H,4-5H2,1H3,(H,10,11)(H,13,14). The largest absolute Gasteiger partial charge is 0.481 e. The monoisotopic (exact) mass is 259 g/mol. The van der Waals surface area contributed by atoms with E-state index < -0.39 is 21.9 Å². The van der Waals surface area contributed by atoms with E-state index in [4.69, 9.17) is 5.11 Å². The molecular formula is C9H13N3O4S. The quantitative estimate of drug-likeness (QED) is 0.776. The summed E-state index contributed by atoms with van der Waals surface area (Å²) in [5.41, 5.74) is 0. The molecule has 1 unspecified atom stereocenters. The molecule has 0 amide bonds. The van der Waals surface area contributed by atoms with Crippen LogP contribution in [-0.4, -0.2) is 47.1 Å². The third-order valence-corrected chi connectivity index (χ3v) is 4.83. The van der Waals surface area contributed by atoms with E-state index in [-0.39, 0.29) is 24.0 Å². The SMILES string of the molecule is CC(C(=O)O)C1CN(S(=O)(=O)c2ccn[nH]2)C1. The topological polar surface area (TPSA) is 103 Å². The van der Waals surface area contributed by atoms with Gasteiger partial charge in [-0.25, -0.2) is 8.42 Å². The van der Waals surface area contributed by atoms with E-state index in [0.717, 1.165) is 0 Å². The highest BCUT2D eigenvalue weighted by Gasteiger charge is 2.41. The number of carboxylic acids is 1. The molecule has 1 aromatic rings. The molecule has 1 aliphatic heterocycles. The number of nitrogens with one attached hydrogen (secondary N) is 1. The van der Waals surface area contributed by atoms with Crippen molar-refractivity contribution in [3.63, 3.8) is 0 Å². The second-order valence-corrected chi connectivity index (χ2v) is 6.04. The van der Waals surface area contributed by atoms with E-state index >= 15 is 0 Å². The number of H-pyrrole nitrogens is 1. The lowest BCUT2D eigenvalue weighted by Crippen LogP contribution is -2.53. The molecule has 0 aromatic carbocycles. The Labute approximate surface area is 98.5 Å². The molecule has 17 heavy (non-hydrogen) atoms. The Morgan fingerprint density at radius 3 is 2.76 bits per heavy atom. The number of nitrogens with zero attached hydrogens (tertiary/aromatic N) is 2. The van der Waals surface area contributed by atoms with Gasteiger partial charge in [0.25, 0.3) is 10.0 Å². The third kappa shape index (κ3) is 2.05. The first-order valence-corrected chi connectivity index (χ1v) is 6.59. The lowest BCUT2D eigenvalue weighted by molar-refractivity contribution is -0.144. The zero-order chi connectivity index (χ0) is 12.6. The fourth-order valence-corrected chi connectivity index (χ4v) is 3.16. The van der Waals surface area contributed by atoms with E-state index in [1.54, 1.807) is 6.92 Å². The predicted octanol–water partition coefficient (Wildman–Crippen LogP) is -0.249. The summed E-state index contributed by atoms with van der Waals surface area (Å²) in [5, 5.41) is 14.8. The minimum atomic E-state index is -3.53. The van der Waals surface area contributed by atoms with Gasteiger partial charge in [0.1, 0.15) is 0 Å². The fourth-order valence-electron chi connectivity index (χ4n) is 1.71. The van der Waals surface area contributed by atoms with Crippen molar-refractivity contribution >= 4 is 16.0 Å². The number of hydrogen-bond donors (Lipinski definition) is 2. The molecule has 0 radical (unpaired) electrons. The molecule has 2 rings (SSSR count). The van der Waals surface area contributed by atoms with Gasteiger partial charge in [0.2, 0.25) is 0 Å². The van der Waals surface area contributed by atoms with Crippen LogP contribution in [0.25, 0.3) is 0 Å². The number of sulfonamides is 1. The van der Waals surface area contributed by atoms with Crippen molar-refractivity contribution in [2.24, 2.45) is 11.8 Å². The zero-order valence-electron chi connectivity index (χ0n) is 9.20. The molecule has 0 aliphatic carbocycles. The van der Waals surface area contributed by atoms with Crippen LogP contribution in [-0.2, 0) is 14.8 Å². The normalized spacial score (nSPS) is 19.8. The molecule has 1 fully saturated rings. The molecule has 0 bridgehead atoms. The summed E-state index contributed by atoms with van der Waals surface area (Å²) < 4.78 is 25.1. The first kappa shape index (κ1) is 12.1. The lowest BCUT2D eigenvalue weighted by atomic mass is 9.89. The summed E-state index contributed by atoms with van der Waals surface area (Å²) >= 11 is 0. The Balaban J connectivity index is 2.03. The van der Waals surface area contributed by atoms with E-state index in [0.29, 0.717) is 0 Å². The van der Waals surface area contributed by atoms with Gasteiger partial charge in [-0.05, 0) is 12.0 Å². The number of carboxylic acid groups (broad SMARTS) is 1. The number of aromatic nitrogens is 2. The van der Waals surface area contributed by atoms with Crippen LogP contribution in [0.15, 0.2) is 17.3 Å². The van der Waals surface area contributed by atoms with Crippen LogP contribution < -0.4 is 0 Å². The average molecular weight is 259 g/mol. The molecule has 2 heterocycles. The molecule has 8 heteroatoms. The molecule has 1 aromatic heterocycles. The van der Waals surface area contributed by atoms with Gasteiger partial charge >= 0.3 is 5.97 Å². The number of rotatable bonds is 4. The van der Waals surface area contributed by atoms with Crippen LogP contribution in [0.3, 0.4) is 0 Å². The van der Waals surface area contributed by atoms with Crippen molar-refractivity contribution < 1.29 is 18.3 Å². The molecule has 1 saturated heterocycles. The van der Waals surface area contributed by atoms with Crippen LogP contribution >= 0.6 is 0 Å². The third-order valence-electron chi connectivity index (χ3n) is 3.07.